The number of hydrogen-bond donors (Lipinski definition) is 1. The average molecular weight is 447 g/mol. The molecule has 33 heavy (non-hydrogen) atoms. The fourth-order valence-corrected chi connectivity index (χ4v) is 3.92. The van der Waals surface area contributed by atoms with Gasteiger partial charge in [0, 0.05) is 12.0 Å². The van der Waals surface area contributed by atoms with Gasteiger partial charge in [0.1, 0.15) is 22.7 Å². The molecule has 4 aromatic rings. The highest BCUT2D eigenvalue weighted by molar-refractivity contribution is 5.95. The summed E-state index contributed by atoms with van der Waals surface area (Å²) in [6, 6.07) is 11.5. The number of para-hydroxylation sites is 1. The van der Waals surface area contributed by atoms with Gasteiger partial charge in [-0.3, -0.25) is 4.98 Å². The molecule has 0 aliphatic carbocycles. The smallest absolute Gasteiger partial charge is 0.221 e. The average Bonchev–Trinajstić information content (AvgIpc) is 3.51. The maximum Gasteiger partial charge on any atom is 0.221 e. The summed E-state index contributed by atoms with van der Waals surface area (Å²) in [5, 5.41) is 9.35. The van der Waals surface area contributed by atoms with Crippen LogP contribution in [0.3, 0.4) is 0 Å². The molecule has 4 heterocycles. The number of aromatic nitrogens is 6. The molecule has 1 aromatic carbocycles. The normalized spacial score (nSPS) is 15.8. The van der Waals surface area contributed by atoms with Crippen molar-refractivity contribution in [3.63, 3.8) is 0 Å². The van der Waals surface area contributed by atoms with Crippen LogP contribution < -0.4 is 10.5 Å². The van der Waals surface area contributed by atoms with Crippen molar-refractivity contribution in [3.8, 4) is 17.1 Å². The van der Waals surface area contributed by atoms with Crippen LogP contribution in [0.25, 0.3) is 22.3 Å². The lowest BCUT2D eigenvalue weighted by atomic mass is 10.1. The zero-order chi connectivity index (χ0) is 22.6. The van der Waals surface area contributed by atoms with Crippen molar-refractivity contribution in [3.05, 3.63) is 54.0 Å². The van der Waals surface area contributed by atoms with E-state index in [1.54, 1.807) is 11.8 Å². The molecule has 1 saturated heterocycles. The number of ether oxygens (including phenoxy) is 3. The number of pyridine rings is 1. The fourth-order valence-electron chi connectivity index (χ4n) is 3.92. The number of benzene rings is 1. The van der Waals surface area contributed by atoms with Crippen LogP contribution in [0.5, 0.6) is 5.75 Å². The molecule has 0 spiro atoms. The van der Waals surface area contributed by atoms with Gasteiger partial charge in [0.2, 0.25) is 5.95 Å². The zero-order valence-electron chi connectivity index (χ0n) is 18.3. The molecule has 0 radical (unpaired) electrons. The van der Waals surface area contributed by atoms with Gasteiger partial charge in [-0.15, -0.1) is 5.10 Å². The Labute approximate surface area is 190 Å². The maximum absolute atomic E-state index is 5.95. The topological polar surface area (TPSA) is 123 Å². The molecular formula is C23H25N7O3. The molecule has 0 saturated carbocycles. The lowest BCUT2D eigenvalue weighted by molar-refractivity contribution is 0.00961. The molecule has 1 aliphatic heterocycles. The molecule has 2 N–H and O–H groups in total. The predicted molar refractivity (Wildman–Crippen MR) is 121 cm³/mol. The second-order valence-corrected chi connectivity index (χ2v) is 7.86. The highest BCUT2D eigenvalue weighted by Gasteiger charge is 2.16. The van der Waals surface area contributed by atoms with Gasteiger partial charge in [0.05, 0.1) is 50.6 Å². The second-order valence-electron chi connectivity index (χ2n) is 7.86. The lowest BCUT2D eigenvalue weighted by Crippen LogP contribution is -2.14. The molecule has 0 amide bonds. The molecule has 1 aliphatic rings. The minimum atomic E-state index is 0.147. The number of nitrogen functional groups attached to an aromatic ring is 1. The van der Waals surface area contributed by atoms with Gasteiger partial charge in [-0.1, -0.05) is 23.4 Å². The van der Waals surface area contributed by atoms with E-state index in [1.807, 2.05) is 42.6 Å². The second kappa shape index (κ2) is 9.47. The van der Waals surface area contributed by atoms with Crippen LogP contribution in [0.2, 0.25) is 0 Å². The maximum atomic E-state index is 5.95. The molecule has 5 rings (SSSR count). The van der Waals surface area contributed by atoms with Gasteiger partial charge in [-0.05, 0) is 31.0 Å². The molecule has 0 unspecified atom stereocenters. The van der Waals surface area contributed by atoms with E-state index >= 15 is 0 Å². The van der Waals surface area contributed by atoms with Crippen molar-refractivity contribution in [2.24, 2.45) is 0 Å². The minimum Gasteiger partial charge on any atom is -0.494 e. The van der Waals surface area contributed by atoms with E-state index in [2.05, 4.69) is 25.3 Å². The fraction of sp³-hybridized carbons (Fsp3) is 0.348. The Balaban J connectivity index is 1.32. The van der Waals surface area contributed by atoms with Crippen molar-refractivity contribution in [2.75, 3.05) is 26.1 Å². The van der Waals surface area contributed by atoms with E-state index in [0.29, 0.717) is 42.4 Å². The summed E-state index contributed by atoms with van der Waals surface area (Å²) in [4.78, 5) is 13.4. The van der Waals surface area contributed by atoms with Crippen LogP contribution in [0.15, 0.2) is 42.6 Å². The van der Waals surface area contributed by atoms with E-state index < -0.39 is 0 Å². The van der Waals surface area contributed by atoms with E-state index in [1.165, 1.54) is 0 Å². The Hall–Kier alpha value is -3.63. The Bertz CT molecular complexity index is 1250. The van der Waals surface area contributed by atoms with Crippen LogP contribution in [-0.2, 0) is 22.6 Å². The third-order valence-electron chi connectivity index (χ3n) is 5.47. The Kier molecular flexibility index (Phi) is 6.09. The first-order valence-electron chi connectivity index (χ1n) is 10.8. The summed E-state index contributed by atoms with van der Waals surface area (Å²) in [6.07, 6.45) is 4.19. The molecule has 170 valence electrons. The van der Waals surface area contributed by atoms with Crippen LogP contribution >= 0.6 is 0 Å². The highest BCUT2D eigenvalue weighted by atomic mass is 16.5. The molecule has 0 bridgehead atoms. The zero-order valence-corrected chi connectivity index (χ0v) is 18.3. The van der Waals surface area contributed by atoms with E-state index in [4.69, 9.17) is 19.9 Å². The van der Waals surface area contributed by atoms with Crippen molar-refractivity contribution in [1.82, 2.24) is 29.9 Å². The summed E-state index contributed by atoms with van der Waals surface area (Å²) in [5.41, 5.74) is 9.51. The monoisotopic (exact) mass is 447 g/mol. The van der Waals surface area contributed by atoms with Crippen LogP contribution in [0, 0.1) is 0 Å². The predicted octanol–water partition coefficient (Wildman–Crippen LogP) is 2.62. The summed E-state index contributed by atoms with van der Waals surface area (Å²) in [7, 11) is 1.59. The molecule has 10 heteroatoms. The van der Waals surface area contributed by atoms with E-state index in [9.17, 15) is 0 Å². The van der Waals surface area contributed by atoms with E-state index in [0.717, 1.165) is 36.2 Å². The number of anilines is 1. The van der Waals surface area contributed by atoms with Crippen molar-refractivity contribution < 1.29 is 14.2 Å². The minimum absolute atomic E-state index is 0.147. The standard InChI is InChI=1S/C23H25N7O3/c1-31-20-9-3-8-18-21(26-23(24)27-22(18)20)19-12-30(29-28-19)11-15-5-2-6-16(25-15)13-32-14-17-7-4-10-33-17/h2-3,5-6,8-9,12,17H,4,7,10-11,13-14H2,1H3,(H2,24,26,27)/t17-/m0/s1. The number of fused-ring (bicyclic) bond motifs is 1. The first-order valence-corrected chi connectivity index (χ1v) is 10.8. The van der Waals surface area contributed by atoms with Gasteiger partial charge in [0.25, 0.3) is 0 Å². The number of hydrogen-bond acceptors (Lipinski definition) is 9. The molecule has 3 aromatic heterocycles. The number of rotatable bonds is 8. The Morgan fingerprint density at radius 3 is 2.85 bits per heavy atom. The van der Waals surface area contributed by atoms with Gasteiger partial charge in [0.15, 0.2) is 0 Å². The quantitative estimate of drug-likeness (QED) is 0.434. The van der Waals surface area contributed by atoms with Gasteiger partial charge in [-0.2, -0.15) is 0 Å². The Morgan fingerprint density at radius 1 is 1.12 bits per heavy atom. The summed E-state index contributed by atoms with van der Waals surface area (Å²) >= 11 is 0. The summed E-state index contributed by atoms with van der Waals surface area (Å²) in [6.45, 7) is 2.34. The van der Waals surface area contributed by atoms with Gasteiger partial charge < -0.3 is 19.9 Å². The van der Waals surface area contributed by atoms with Crippen molar-refractivity contribution in [2.45, 2.75) is 32.1 Å². The molecular weight excluding hydrogens is 422 g/mol. The Morgan fingerprint density at radius 2 is 2.00 bits per heavy atom. The number of nitrogens with two attached hydrogens (primary N) is 1. The largest absolute Gasteiger partial charge is 0.494 e. The van der Waals surface area contributed by atoms with E-state index in [-0.39, 0.29) is 12.1 Å². The first kappa shape index (κ1) is 21.2. The highest BCUT2D eigenvalue weighted by Crippen LogP contribution is 2.30. The molecule has 1 atom stereocenters. The summed E-state index contributed by atoms with van der Waals surface area (Å²) in [5.74, 6) is 0.770. The molecule has 10 nitrogen and oxygen atoms in total. The van der Waals surface area contributed by atoms with Crippen molar-refractivity contribution >= 4 is 16.9 Å². The third kappa shape index (κ3) is 4.76. The van der Waals surface area contributed by atoms with Crippen molar-refractivity contribution in [1.29, 1.82) is 0 Å². The lowest BCUT2D eigenvalue weighted by Gasteiger charge is -2.10. The number of nitrogens with zero attached hydrogens (tertiary/aromatic N) is 6. The summed E-state index contributed by atoms with van der Waals surface area (Å²) < 4.78 is 18.5. The van der Waals surface area contributed by atoms with Gasteiger partial charge in [-0.25, -0.2) is 14.6 Å². The van der Waals surface area contributed by atoms with Crippen LogP contribution in [0.1, 0.15) is 24.2 Å². The van der Waals surface area contributed by atoms with Gasteiger partial charge >= 0.3 is 0 Å². The van der Waals surface area contributed by atoms with Crippen LogP contribution in [0.4, 0.5) is 5.95 Å². The van der Waals surface area contributed by atoms with Crippen LogP contribution in [-0.4, -0.2) is 56.4 Å². The SMILES string of the molecule is COc1cccc2c(-c3cn(Cc4cccc(COC[C@@H]5CCCO5)n4)nn3)nc(N)nc12. The number of methoxy groups -OCH3 is 1. The third-order valence-corrected chi connectivity index (χ3v) is 5.47. The first-order chi connectivity index (χ1) is 16.2. The molecule has 1 fully saturated rings.